The number of methoxy groups -OCH3 is 1. The van der Waals surface area contributed by atoms with Crippen LogP contribution in [0.5, 0.6) is 0 Å². The van der Waals surface area contributed by atoms with Crippen molar-refractivity contribution in [1.82, 2.24) is 10.6 Å². The quantitative estimate of drug-likeness (QED) is 0.327. The molecular weight excluding hydrogens is 457 g/mol. The Labute approximate surface area is 178 Å². The fraction of sp³-hybridized carbons (Fsp3) is 0.450. The molecule has 2 N–H and O–H groups in total. The molecule has 0 fully saturated rings. The second-order valence-corrected chi connectivity index (χ2v) is 7.58. The molecule has 1 atom stereocenters. The van der Waals surface area contributed by atoms with Gasteiger partial charge in [0.1, 0.15) is 0 Å². The fourth-order valence-electron chi connectivity index (χ4n) is 2.66. The van der Waals surface area contributed by atoms with Crippen LogP contribution in [0.15, 0.2) is 41.4 Å². The minimum absolute atomic E-state index is 0. The van der Waals surface area contributed by atoms with Crippen molar-refractivity contribution < 1.29 is 4.74 Å². The molecule has 2 rings (SSSR count). The van der Waals surface area contributed by atoms with Crippen LogP contribution in [0.3, 0.4) is 0 Å². The first-order chi connectivity index (χ1) is 12.1. The lowest BCUT2D eigenvalue weighted by atomic mass is 10.1. The summed E-state index contributed by atoms with van der Waals surface area (Å²) >= 11 is 1.86. The molecule has 1 aromatic carbocycles. The number of nitrogens with one attached hydrogen (secondary N) is 2. The van der Waals surface area contributed by atoms with E-state index < -0.39 is 0 Å². The van der Waals surface area contributed by atoms with Crippen molar-refractivity contribution in [2.24, 2.45) is 4.99 Å². The van der Waals surface area contributed by atoms with Crippen LogP contribution in [-0.2, 0) is 24.3 Å². The Bertz CT molecular complexity index is 687. The first-order valence-electron chi connectivity index (χ1n) is 8.77. The van der Waals surface area contributed by atoms with Gasteiger partial charge in [0, 0.05) is 35.9 Å². The lowest BCUT2D eigenvalue weighted by Crippen LogP contribution is -2.43. The molecule has 6 heteroatoms. The number of hydrogen-bond acceptors (Lipinski definition) is 3. The number of halogens is 1. The average molecular weight is 487 g/mol. The Balaban J connectivity index is 0.00000338. The summed E-state index contributed by atoms with van der Waals surface area (Å²) in [7, 11) is 1.72. The monoisotopic (exact) mass is 487 g/mol. The smallest absolute Gasteiger partial charge is 0.191 e. The number of benzene rings is 1. The van der Waals surface area contributed by atoms with E-state index in [-0.39, 0.29) is 24.0 Å². The second kappa shape index (κ2) is 12.3. The molecule has 1 aromatic heterocycles. The van der Waals surface area contributed by atoms with Gasteiger partial charge >= 0.3 is 0 Å². The number of aliphatic imine (C=N–C) groups is 1. The van der Waals surface area contributed by atoms with Crippen LogP contribution in [0.4, 0.5) is 0 Å². The fourth-order valence-corrected chi connectivity index (χ4v) is 3.67. The molecular formula is C20H30IN3OS. The molecule has 4 nitrogen and oxygen atoms in total. The molecule has 2 aromatic rings. The van der Waals surface area contributed by atoms with Gasteiger partial charge in [-0.3, -0.25) is 0 Å². The van der Waals surface area contributed by atoms with Crippen molar-refractivity contribution in [3.05, 3.63) is 57.3 Å². The number of thiophene rings is 1. The molecule has 0 bridgehead atoms. The van der Waals surface area contributed by atoms with Crippen molar-refractivity contribution in [2.45, 2.75) is 46.4 Å². The number of ether oxygens (including phenoxy) is 1. The Morgan fingerprint density at radius 1 is 1.23 bits per heavy atom. The van der Waals surface area contributed by atoms with Crippen LogP contribution in [0.2, 0.25) is 0 Å². The summed E-state index contributed by atoms with van der Waals surface area (Å²) < 4.78 is 5.20. The van der Waals surface area contributed by atoms with E-state index in [1.165, 1.54) is 20.9 Å². The van der Waals surface area contributed by atoms with Crippen LogP contribution in [0.1, 0.15) is 34.7 Å². The predicted molar refractivity (Wildman–Crippen MR) is 123 cm³/mol. The van der Waals surface area contributed by atoms with E-state index in [0.717, 1.165) is 18.9 Å². The first kappa shape index (κ1) is 22.9. The van der Waals surface area contributed by atoms with E-state index in [0.29, 0.717) is 19.2 Å². The summed E-state index contributed by atoms with van der Waals surface area (Å²) in [6.07, 6.45) is 1.01. The molecule has 0 amide bonds. The number of aryl methyl sites for hydroxylation is 1. The van der Waals surface area contributed by atoms with E-state index >= 15 is 0 Å². The van der Waals surface area contributed by atoms with Crippen molar-refractivity contribution in [3.63, 3.8) is 0 Å². The molecule has 0 aliphatic heterocycles. The highest BCUT2D eigenvalue weighted by molar-refractivity contribution is 14.0. The predicted octanol–water partition coefficient (Wildman–Crippen LogP) is 4.51. The van der Waals surface area contributed by atoms with Crippen LogP contribution >= 0.6 is 35.3 Å². The Kier molecular flexibility index (Phi) is 10.8. The molecule has 0 saturated carbocycles. The van der Waals surface area contributed by atoms with Crippen LogP contribution in [0.25, 0.3) is 0 Å². The van der Waals surface area contributed by atoms with Crippen molar-refractivity contribution in [2.75, 3.05) is 13.7 Å². The molecule has 0 saturated heterocycles. The van der Waals surface area contributed by atoms with Gasteiger partial charge in [-0.2, -0.15) is 0 Å². The number of nitrogens with zero attached hydrogens (tertiary/aromatic N) is 1. The van der Waals surface area contributed by atoms with E-state index in [9.17, 15) is 0 Å². The lowest BCUT2D eigenvalue weighted by Gasteiger charge is -2.17. The summed E-state index contributed by atoms with van der Waals surface area (Å²) in [5.74, 6) is 0.862. The van der Waals surface area contributed by atoms with Crippen LogP contribution in [-0.4, -0.2) is 25.7 Å². The molecule has 1 unspecified atom stereocenters. The topological polar surface area (TPSA) is 45.7 Å². The molecule has 0 aliphatic rings. The van der Waals surface area contributed by atoms with Gasteiger partial charge in [-0.1, -0.05) is 24.3 Å². The maximum Gasteiger partial charge on any atom is 0.191 e. The molecule has 0 spiro atoms. The highest BCUT2D eigenvalue weighted by Crippen LogP contribution is 2.16. The summed E-state index contributed by atoms with van der Waals surface area (Å²) in [6, 6.07) is 13.1. The SMILES string of the molecule is CCNC(=NCc1cccc(COC)c1)NC(C)Cc1ccc(C)s1.I. The third-order valence-corrected chi connectivity index (χ3v) is 4.78. The summed E-state index contributed by atoms with van der Waals surface area (Å²) in [5, 5.41) is 6.84. The number of guanidine groups is 1. The van der Waals surface area contributed by atoms with Crippen LogP contribution < -0.4 is 10.6 Å². The zero-order chi connectivity index (χ0) is 18.1. The maximum absolute atomic E-state index is 5.20. The zero-order valence-electron chi connectivity index (χ0n) is 16.0. The largest absolute Gasteiger partial charge is 0.380 e. The van der Waals surface area contributed by atoms with Gasteiger partial charge in [0.15, 0.2) is 5.96 Å². The lowest BCUT2D eigenvalue weighted by molar-refractivity contribution is 0.185. The first-order valence-corrected chi connectivity index (χ1v) is 9.59. The summed E-state index contributed by atoms with van der Waals surface area (Å²) in [5.41, 5.74) is 2.36. The number of hydrogen-bond donors (Lipinski definition) is 2. The third-order valence-electron chi connectivity index (χ3n) is 3.75. The van der Waals surface area contributed by atoms with Gasteiger partial charge in [0.25, 0.3) is 0 Å². The van der Waals surface area contributed by atoms with Crippen LogP contribution in [0, 0.1) is 6.92 Å². The molecule has 26 heavy (non-hydrogen) atoms. The van der Waals surface area contributed by atoms with Crippen molar-refractivity contribution in [1.29, 1.82) is 0 Å². The van der Waals surface area contributed by atoms with E-state index in [1.807, 2.05) is 11.3 Å². The van der Waals surface area contributed by atoms with E-state index in [2.05, 4.69) is 67.8 Å². The summed E-state index contributed by atoms with van der Waals surface area (Å²) in [4.78, 5) is 7.49. The van der Waals surface area contributed by atoms with Gasteiger partial charge in [-0.15, -0.1) is 35.3 Å². The zero-order valence-corrected chi connectivity index (χ0v) is 19.2. The highest BCUT2D eigenvalue weighted by Gasteiger charge is 2.08. The van der Waals surface area contributed by atoms with E-state index in [4.69, 9.17) is 9.73 Å². The Hall–Kier alpha value is -1.12. The number of rotatable bonds is 8. The van der Waals surface area contributed by atoms with E-state index in [1.54, 1.807) is 7.11 Å². The minimum Gasteiger partial charge on any atom is -0.380 e. The third kappa shape index (κ3) is 8.05. The van der Waals surface area contributed by atoms with Crippen molar-refractivity contribution in [3.8, 4) is 0 Å². The molecule has 144 valence electrons. The Morgan fingerprint density at radius 3 is 2.65 bits per heavy atom. The minimum atomic E-state index is 0. The average Bonchev–Trinajstić information content (AvgIpc) is 2.98. The molecule has 1 heterocycles. The maximum atomic E-state index is 5.20. The normalized spacial score (nSPS) is 12.4. The van der Waals surface area contributed by atoms with Crippen molar-refractivity contribution >= 4 is 41.3 Å². The highest BCUT2D eigenvalue weighted by atomic mass is 127. The van der Waals surface area contributed by atoms with Gasteiger partial charge in [0.05, 0.1) is 13.2 Å². The molecule has 0 radical (unpaired) electrons. The van der Waals surface area contributed by atoms with Gasteiger partial charge in [-0.25, -0.2) is 4.99 Å². The molecule has 0 aliphatic carbocycles. The standard InChI is InChI=1S/C20H29N3OS.HI/c1-5-21-20(23-15(2)11-19-10-9-16(3)25-19)22-13-17-7-6-8-18(12-17)14-24-4;/h6-10,12,15H,5,11,13-14H2,1-4H3,(H2,21,22,23);1H. The van der Waals surface area contributed by atoms with Gasteiger partial charge < -0.3 is 15.4 Å². The van der Waals surface area contributed by atoms with Gasteiger partial charge in [-0.05, 0) is 44.0 Å². The summed E-state index contributed by atoms with van der Waals surface area (Å²) in [6.45, 7) is 8.56. The second-order valence-electron chi connectivity index (χ2n) is 6.21. The van der Waals surface area contributed by atoms with Gasteiger partial charge in [0.2, 0.25) is 0 Å². The Morgan fingerprint density at radius 2 is 2.00 bits per heavy atom.